The molecule has 0 aromatic heterocycles. The number of carboxylic acid groups (broad SMARTS) is 1. The van der Waals surface area contributed by atoms with E-state index < -0.39 is 12.1 Å². The van der Waals surface area contributed by atoms with E-state index in [2.05, 4.69) is 31.2 Å². The van der Waals surface area contributed by atoms with Crippen LogP contribution >= 0.6 is 0 Å². The molecule has 1 aromatic carbocycles. The third-order valence-corrected chi connectivity index (χ3v) is 6.00. The highest BCUT2D eigenvalue weighted by Gasteiger charge is 2.28. The van der Waals surface area contributed by atoms with Crippen molar-refractivity contribution in [1.82, 2.24) is 4.90 Å². The van der Waals surface area contributed by atoms with Gasteiger partial charge in [-0.2, -0.15) is 0 Å². The number of carboxylic acids is 1. The van der Waals surface area contributed by atoms with Gasteiger partial charge in [0.1, 0.15) is 0 Å². The van der Waals surface area contributed by atoms with Gasteiger partial charge < -0.3 is 15.1 Å². The van der Waals surface area contributed by atoms with Gasteiger partial charge in [-0.05, 0) is 50.0 Å². The SMILES string of the molecule is C[C@@H](CCCc1ccccc1)[C@H](O)/C=C/[C@H]1CCC(=O)N1CCCCCCC(=O)O. The van der Waals surface area contributed by atoms with E-state index in [1.54, 1.807) is 0 Å². The third kappa shape index (κ3) is 8.70. The first kappa shape index (κ1) is 24.1. The molecule has 1 saturated heterocycles. The van der Waals surface area contributed by atoms with Crippen LogP contribution in [0.1, 0.15) is 70.3 Å². The van der Waals surface area contributed by atoms with Crippen LogP contribution in [0.5, 0.6) is 0 Å². The summed E-state index contributed by atoms with van der Waals surface area (Å²) in [6, 6.07) is 10.5. The van der Waals surface area contributed by atoms with Gasteiger partial charge in [0.25, 0.3) is 0 Å². The molecule has 0 spiro atoms. The molecule has 0 aliphatic carbocycles. The monoisotopic (exact) mass is 415 g/mol. The lowest BCUT2D eigenvalue weighted by Crippen LogP contribution is -2.33. The molecule has 1 amide bonds. The average Bonchev–Trinajstić information content (AvgIpc) is 3.08. The number of unbranched alkanes of at least 4 members (excludes halogenated alkanes) is 3. The summed E-state index contributed by atoms with van der Waals surface area (Å²) in [5, 5.41) is 19.2. The Bertz CT molecular complexity index is 673. The third-order valence-electron chi connectivity index (χ3n) is 6.00. The van der Waals surface area contributed by atoms with Crippen LogP contribution in [0.25, 0.3) is 0 Å². The topological polar surface area (TPSA) is 77.8 Å². The fraction of sp³-hybridized carbons (Fsp3) is 0.600. The van der Waals surface area contributed by atoms with Gasteiger partial charge in [-0.1, -0.05) is 62.2 Å². The first-order valence-corrected chi connectivity index (χ1v) is 11.4. The minimum Gasteiger partial charge on any atom is -0.481 e. The number of benzene rings is 1. The Morgan fingerprint density at radius 3 is 2.63 bits per heavy atom. The average molecular weight is 416 g/mol. The van der Waals surface area contributed by atoms with E-state index >= 15 is 0 Å². The number of likely N-dealkylation sites (tertiary alicyclic amines) is 1. The molecule has 0 bridgehead atoms. The highest BCUT2D eigenvalue weighted by molar-refractivity contribution is 5.79. The summed E-state index contributed by atoms with van der Waals surface area (Å²) in [4.78, 5) is 24.7. The van der Waals surface area contributed by atoms with Crippen molar-refractivity contribution < 1.29 is 19.8 Å². The summed E-state index contributed by atoms with van der Waals surface area (Å²) < 4.78 is 0. The summed E-state index contributed by atoms with van der Waals surface area (Å²) in [6.07, 6.45) is 11.4. The molecule has 1 aliphatic heterocycles. The molecule has 3 atom stereocenters. The molecular weight excluding hydrogens is 378 g/mol. The minimum absolute atomic E-state index is 0.0719. The Balaban J connectivity index is 1.70. The maximum atomic E-state index is 12.2. The van der Waals surface area contributed by atoms with Crippen molar-refractivity contribution in [2.75, 3.05) is 6.54 Å². The predicted molar refractivity (Wildman–Crippen MR) is 119 cm³/mol. The van der Waals surface area contributed by atoms with Crippen molar-refractivity contribution >= 4 is 11.9 Å². The lowest BCUT2D eigenvalue weighted by molar-refractivity contribution is -0.137. The number of aryl methyl sites for hydroxylation is 1. The number of aliphatic carboxylic acids is 1. The van der Waals surface area contributed by atoms with E-state index in [1.165, 1.54) is 5.56 Å². The summed E-state index contributed by atoms with van der Waals surface area (Å²) in [5.41, 5.74) is 1.33. The lowest BCUT2D eigenvalue weighted by atomic mass is 9.95. The molecule has 5 heteroatoms. The quantitative estimate of drug-likeness (QED) is 0.344. The summed E-state index contributed by atoms with van der Waals surface area (Å²) >= 11 is 0. The van der Waals surface area contributed by atoms with Gasteiger partial charge in [-0.15, -0.1) is 0 Å². The van der Waals surface area contributed by atoms with Gasteiger partial charge in [-0.3, -0.25) is 9.59 Å². The van der Waals surface area contributed by atoms with Crippen LogP contribution in [-0.2, 0) is 16.0 Å². The van der Waals surface area contributed by atoms with E-state index in [0.29, 0.717) is 19.4 Å². The number of aliphatic hydroxyl groups excluding tert-OH is 1. The van der Waals surface area contributed by atoms with Crippen molar-refractivity contribution in [3.63, 3.8) is 0 Å². The molecule has 2 rings (SSSR count). The summed E-state index contributed by atoms with van der Waals surface area (Å²) in [7, 11) is 0. The number of carbonyl (C=O) groups is 2. The van der Waals surface area contributed by atoms with Crippen LogP contribution in [0.15, 0.2) is 42.5 Å². The number of rotatable bonds is 14. The van der Waals surface area contributed by atoms with Crippen molar-refractivity contribution in [2.24, 2.45) is 5.92 Å². The Kier molecular flexibility index (Phi) is 10.6. The number of aliphatic hydroxyl groups is 1. The normalized spacial score (nSPS) is 18.8. The van der Waals surface area contributed by atoms with Crippen molar-refractivity contribution in [3.05, 3.63) is 48.0 Å². The maximum absolute atomic E-state index is 12.2. The largest absolute Gasteiger partial charge is 0.481 e. The molecule has 5 nitrogen and oxygen atoms in total. The van der Waals surface area contributed by atoms with E-state index in [-0.39, 0.29) is 24.3 Å². The fourth-order valence-corrected chi connectivity index (χ4v) is 4.03. The second-order valence-corrected chi connectivity index (χ2v) is 8.48. The van der Waals surface area contributed by atoms with Gasteiger partial charge in [0, 0.05) is 19.4 Å². The lowest BCUT2D eigenvalue weighted by Gasteiger charge is -2.23. The second kappa shape index (κ2) is 13.2. The van der Waals surface area contributed by atoms with E-state index in [1.807, 2.05) is 23.1 Å². The van der Waals surface area contributed by atoms with Crippen molar-refractivity contribution in [1.29, 1.82) is 0 Å². The summed E-state index contributed by atoms with van der Waals surface area (Å²) in [5.74, 6) is -0.381. The van der Waals surface area contributed by atoms with Crippen LogP contribution in [-0.4, -0.2) is 45.7 Å². The fourth-order valence-electron chi connectivity index (χ4n) is 4.03. The van der Waals surface area contributed by atoms with Crippen LogP contribution in [0.2, 0.25) is 0 Å². The first-order valence-electron chi connectivity index (χ1n) is 11.4. The van der Waals surface area contributed by atoms with Crippen LogP contribution < -0.4 is 0 Å². The molecule has 0 saturated carbocycles. The van der Waals surface area contributed by atoms with E-state index in [4.69, 9.17) is 5.11 Å². The van der Waals surface area contributed by atoms with Gasteiger partial charge in [0.2, 0.25) is 5.91 Å². The molecule has 1 aliphatic rings. The molecule has 0 unspecified atom stereocenters. The number of hydrogen-bond donors (Lipinski definition) is 2. The highest BCUT2D eigenvalue weighted by atomic mass is 16.4. The van der Waals surface area contributed by atoms with Crippen LogP contribution in [0.4, 0.5) is 0 Å². The Morgan fingerprint density at radius 1 is 1.17 bits per heavy atom. The standard InChI is InChI=1S/C25H37NO4/c1-20(10-9-13-21-11-5-4-6-12-21)23(27)17-15-22-16-18-24(28)26(22)19-8-3-2-7-14-25(29)30/h4-6,11-12,15,17,20,22-23,27H,2-3,7-10,13-14,16,18-19H2,1H3,(H,29,30)/b17-15+/t20-,22-,23+/m0/s1. The minimum atomic E-state index is -0.747. The number of amides is 1. The highest BCUT2D eigenvalue weighted by Crippen LogP contribution is 2.22. The Labute approximate surface area is 180 Å². The zero-order chi connectivity index (χ0) is 21.8. The number of nitrogens with zero attached hydrogens (tertiary/aromatic N) is 1. The first-order chi connectivity index (χ1) is 14.5. The predicted octanol–water partition coefficient (Wildman–Crippen LogP) is 4.59. The second-order valence-electron chi connectivity index (χ2n) is 8.48. The smallest absolute Gasteiger partial charge is 0.303 e. The Morgan fingerprint density at radius 2 is 1.90 bits per heavy atom. The molecule has 0 radical (unpaired) electrons. The zero-order valence-corrected chi connectivity index (χ0v) is 18.2. The van der Waals surface area contributed by atoms with Gasteiger partial charge in [-0.25, -0.2) is 0 Å². The van der Waals surface area contributed by atoms with E-state index in [9.17, 15) is 14.7 Å². The zero-order valence-electron chi connectivity index (χ0n) is 18.2. The molecule has 1 aromatic rings. The number of hydrogen-bond acceptors (Lipinski definition) is 3. The molecule has 2 N–H and O–H groups in total. The molecule has 1 fully saturated rings. The Hall–Kier alpha value is -2.14. The molecule has 166 valence electrons. The van der Waals surface area contributed by atoms with Gasteiger partial charge in [0.05, 0.1) is 12.1 Å². The van der Waals surface area contributed by atoms with E-state index in [0.717, 1.165) is 44.9 Å². The van der Waals surface area contributed by atoms with Crippen molar-refractivity contribution in [3.8, 4) is 0 Å². The molecule has 30 heavy (non-hydrogen) atoms. The van der Waals surface area contributed by atoms with Crippen LogP contribution in [0.3, 0.4) is 0 Å². The van der Waals surface area contributed by atoms with Crippen molar-refractivity contribution in [2.45, 2.75) is 83.3 Å². The van der Waals surface area contributed by atoms with Crippen LogP contribution in [0, 0.1) is 5.92 Å². The van der Waals surface area contributed by atoms with Gasteiger partial charge in [0.15, 0.2) is 0 Å². The summed E-state index contributed by atoms with van der Waals surface area (Å²) in [6.45, 7) is 2.79. The molecule has 1 heterocycles. The maximum Gasteiger partial charge on any atom is 0.303 e. The number of carbonyl (C=O) groups excluding carboxylic acids is 1. The van der Waals surface area contributed by atoms with Gasteiger partial charge >= 0.3 is 5.97 Å². The molecular formula is C25H37NO4.